The van der Waals surface area contributed by atoms with Gasteiger partial charge in [-0.05, 0) is 27.2 Å². The van der Waals surface area contributed by atoms with Gasteiger partial charge in [0.2, 0.25) is 0 Å². The number of ketones is 1. The minimum atomic E-state index is 0.0162. The van der Waals surface area contributed by atoms with Crippen LogP contribution in [0.3, 0.4) is 0 Å². The first-order valence-electron chi connectivity index (χ1n) is 9.03. The van der Waals surface area contributed by atoms with Crippen molar-refractivity contribution in [2.24, 2.45) is 0 Å². The third-order valence-corrected chi connectivity index (χ3v) is 4.48. The van der Waals surface area contributed by atoms with Crippen molar-refractivity contribution in [3.63, 3.8) is 0 Å². The molecule has 144 valence electrons. The number of likely N-dealkylation sites (N-methyl/N-ethyl adjacent to an activating group) is 1. The average molecular weight is 369 g/mol. The maximum Gasteiger partial charge on any atom is 0.159 e. The normalized spacial score (nSPS) is 16.9. The Balaban J connectivity index is 0. The molecule has 1 saturated heterocycles. The summed E-state index contributed by atoms with van der Waals surface area (Å²) in [6, 6.07) is 7.27. The summed E-state index contributed by atoms with van der Waals surface area (Å²) in [4.78, 5) is 23.4. The van der Waals surface area contributed by atoms with Crippen LogP contribution in [0, 0.1) is 0 Å². The van der Waals surface area contributed by atoms with Crippen molar-refractivity contribution in [3.8, 4) is 0 Å². The summed E-state index contributed by atoms with van der Waals surface area (Å²) in [5.41, 5.74) is 1.23. The first kappa shape index (κ1) is 26.1. The predicted octanol–water partition coefficient (Wildman–Crippen LogP) is 4.65. The summed E-state index contributed by atoms with van der Waals surface area (Å²) >= 11 is 1.86. The zero-order valence-electron chi connectivity index (χ0n) is 17.2. The molecular weight excluding hydrogens is 332 g/mol. The van der Waals surface area contributed by atoms with E-state index in [1.54, 1.807) is 24.3 Å². The summed E-state index contributed by atoms with van der Waals surface area (Å²) in [6.07, 6.45) is 2.90. The molecule has 0 aliphatic carbocycles. The number of carbonyl (C=O) groups excluding carboxylic acids is 2. The van der Waals surface area contributed by atoms with E-state index < -0.39 is 0 Å². The van der Waals surface area contributed by atoms with Crippen LogP contribution in [0.1, 0.15) is 62.3 Å². The molecule has 2 rings (SSSR count). The Morgan fingerprint density at radius 2 is 1.64 bits per heavy atom. The summed E-state index contributed by atoms with van der Waals surface area (Å²) in [5, 5.41) is 0. The highest BCUT2D eigenvalue weighted by atomic mass is 32.2. The number of nitrogens with zero attached hydrogens (tertiary/aromatic N) is 2. The molecule has 1 atom stereocenters. The van der Waals surface area contributed by atoms with Crippen LogP contribution in [-0.2, 0) is 0 Å². The molecular formula is C20H36N2O2S. The lowest BCUT2D eigenvalue weighted by Crippen LogP contribution is -2.47. The fourth-order valence-corrected chi connectivity index (χ4v) is 2.61. The van der Waals surface area contributed by atoms with Crippen LogP contribution in [0.15, 0.2) is 24.3 Å². The molecule has 1 aliphatic rings. The molecule has 0 bridgehead atoms. The predicted molar refractivity (Wildman–Crippen MR) is 112 cm³/mol. The van der Waals surface area contributed by atoms with Gasteiger partial charge in [-0.25, -0.2) is 4.31 Å². The largest absolute Gasteiger partial charge is 0.301 e. The molecule has 0 aromatic heterocycles. The van der Waals surface area contributed by atoms with Crippen LogP contribution in [0.5, 0.6) is 0 Å². The minimum absolute atomic E-state index is 0.0162. The molecule has 1 unspecified atom stereocenters. The molecule has 0 saturated carbocycles. The van der Waals surface area contributed by atoms with E-state index in [9.17, 15) is 9.59 Å². The number of hydrogen-bond acceptors (Lipinski definition) is 5. The number of aldehydes is 1. The Kier molecular flexibility index (Phi) is 17.0. The second-order valence-corrected chi connectivity index (χ2v) is 6.08. The lowest BCUT2D eigenvalue weighted by atomic mass is 10.1. The lowest BCUT2D eigenvalue weighted by Gasteiger charge is -2.36. The number of Topliss-reactive ketones (excluding diaryl/α,β-unsaturated/α-hetero) is 1. The number of rotatable bonds is 3. The first-order chi connectivity index (χ1) is 12.0. The van der Waals surface area contributed by atoms with Gasteiger partial charge < -0.3 is 4.90 Å². The molecule has 1 aromatic carbocycles. The van der Waals surface area contributed by atoms with Crippen LogP contribution in [0.2, 0.25) is 0 Å². The molecule has 25 heavy (non-hydrogen) atoms. The zero-order chi connectivity index (χ0) is 19.8. The molecule has 1 fully saturated rings. The second kappa shape index (κ2) is 16.3. The van der Waals surface area contributed by atoms with Crippen molar-refractivity contribution < 1.29 is 9.59 Å². The summed E-state index contributed by atoms with van der Waals surface area (Å²) < 4.78 is 2.42. The van der Waals surface area contributed by atoms with E-state index in [-0.39, 0.29) is 5.78 Å². The van der Waals surface area contributed by atoms with E-state index in [0.717, 1.165) is 12.3 Å². The third kappa shape index (κ3) is 11.1. The van der Waals surface area contributed by atoms with E-state index in [0.29, 0.717) is 11.1 Å². The van der Waals surface area contributed by atoms with Crippen molar-refractivity contribution in [3.05, 3.63) is 35.4 Å². The lowest BCUT2D eigenvalue weighted by molar-refractivity contribution is 0.101. The SMILES string of the molecule is CC.CC.CC(=O)c1ccc(C=O)cc1.CSN1CCN(C)C(C)C1. The standard InChI is InChI=1S/C9H8O2.C7H16N2S.2C2H6/c1-7(11)9-4-2-8(6-10)3-5-9;1-7-6-9(10-3)5-4-8(7)2;2*1-2/h2-6H,1H3;7H,4-6H2,1-3H3;2*1-2H3. The maximum absolute atomic E-state index is 10.8. The van der Waals surface area contributed by atoms with Gasteiger partial charge in [-0.1, -0.05) is 63.9 Å². The molecule has 0 spiro atoms. The summed E-state index contributed by atoms with van der Waals surface area (Å²) in [6.45, 7) is 15.4. The average Bonchev–Trinajstić information content (AvgIpc) is 2.67. The number of piperazine rings is 1. The van der Waals surface area contributed by atoms with E-state index in [2.05, 4.69) is 29.4 Å². The summed E-state index contributed by atoms with van der Waals surface area (Å²) in [7, 11) is 2.20. The Bertz CT molecular complexity index is 463. The molecule has 0 radical (unpaired) electrons. The van der Waals surface area contributed by atoms with Gasteiger partial charge in [0.1, 0.15) is 6.29 Å². The van der Waals surface area contributed by atoms with E-state index in [1.807, 2.05) is 39.6 Å². The van der Waals surface area contributed by atoms with Gasteiger partial charge in [0.15, 0.2) is 5.78 Å². The quantitative estimate of drug-likeness (QED) is 0.441. The van der Waals surface area contributed by atoms with Gasteiger partial charge in [0, 0.05) is 36.8 Å². The minimum Gasteiger partial charge on any atom is -0.301 e. The van der Waals surface area contributed by atoms with E-state index in [1.165, 1.54) is 26.6 Å². The zero-order valence-corrected chi connectivity index (χ0v) is 18.0. The smallest absolute Gasteiger partial charge is 0.159 e. The number of benzene rings is 1. The number of hydrogen-bond donors (Lipinski definition) is 0. The van der Waals surface area contributed by atoms with Gasteiger partial charge in [-0.3, -0.25) is 9.59 Å². The van der Waals surface area contributed by atoms with Gasteiger partial charge >= 0.3 is 0 Å². The fraction of sp³-hybridized carbons (Fsp3) is 0.600. The Morgan fingerprint density at radius 1 is 1.12 bits per heavy atom. The van der Waals surface area contributed by atoms with Crippen LogP contribution >= 0.6 is 11.9 Å². The van der Waals surface area contributed by atoms with Crippen molar-refractivity contribution in [1.29, 1.82) is 0 Å². The molecule has 0 N–H and O–H groups in total. The molecule has 1 aliphatic heterocycles. The Morgan fingerprint density at radius 3 is 2.00 bits per heavy atom. The van der Waals surface area contributed by atoms with Crippen LogP contribution in [-0.4, -0.2) is 60.3 Å². The highest BCUT2D eigenvalue weighted by molar-refractivity contribution is 7.96. The fourth-order valence-electron chi connectivity index (χ4n) is 1.98. The second-order valence-electron chi connectivity index (χ2n) is 5.20. The molecule has 0 amide bonds. The van der Waals surface area contributed by atoms with Crippen LogP contribution in [0.25, 0.3) is 0 Å². The first-order valence-corrected chi connectivity index (χ1v) is 10.2. The van der Waals surface area contributed by atoms with Crippen molar-refractivity contribution >= 4 is 24.0 Å². The van der Waals surface area contributed by atoms with Crippen LogP contribution < -0.4 is 0 Å². The highest BCUT2D eigenvalue weighted by Crippen LogP contribution is 2.13. The molecule has 1 heterocycles. The topological polar surface area (TPSA) is 40.6 Å². The molecule has 1 aromatic rings. The van der Waals surface area contributed by atoms with Crippen molar-refractivity contribution in [1.82, 2.24) is 9.21 Å². The van der Waals surface area contributed by atoms with Gasteiger partial charge in [0.05, 0.1) is 0 Å². The Hall–Kier alpha value is -1.17. The van der Waals surface area contributed by atoms with Gasteiger partial charge in [0.25, 0.3) is 0 Å². The molecule has 5 heteroatoms. The van der Waals surface area contributed by atoms with Crippen molar-refractivity contribution in [2.45, 2.75) is 47.6 Å². The van der Waals surface area contributed by atoms with E-state index >= 15 is 0 Å². The van der Waals surface area contributed by atoms with E-state index in [4.69, 9.17) is 0 Å². The highest BCUT2D eigenvalue weighted by Gasteiger charge is 2.19. The van der Waals surface area contributed by atoms with Gasteiger partial charge in [-0.15, -0.1) is 0 Å². The Labute approximate surface area is 159 Å². The monoisotopic (exact) mass is 368 g/mol. The van der Waals surface area contributed by atoms with Crippen molar-refractivity contribution in [2.75, 3.05) is 32.9 Å². The van der Waals surface area contributed by atoms with Crippen LogP contribution in [0.4, 0.5) is 0 Å². The van der Waals surface area contributed by atoms with Gasteiger partial charge in [-0.2, -0.15) is 0 Å². The number of carbonyl (C=O) groups is 2. The molecule has 4 nitrogen and oxygen atoms in total. The maximum atomic E-state index is 10.8. The summed E-state index contributed by atoms with van der Waals surface area (Å²) in [5.74, 6) is 0.0162. The third-order valence-electron chi connectivity index (χ3n) is 3.63.